The predicted octanol–water partition coefficient (Wildman–Crippen LogP) is 5.82. The molecule has 37 heavy (non-hydrogen) atoms. The van der Waals surface area contributed by atoms with Crippen molar-refractivity contribution in [2.24, 2.45) is 0 Å². The minimum absolute atomic E-state index is 0. The summed E-state index contributed by atoms with van der Waals surface area (Å²) in [4.78, 5) is 24.3. The van der Waals surface area contributed by atoms with Gasteiger partial charge in [0, 0.05) is 47.7 Å². The Labute approximate surface area is 225 Å². The summed E-state index contributed by atoms with van der Waals surface area (Å²) in [5.41, 5.74) is 3.73. The molecule has 2 heterocycles. The van der Waals surface area contributed by atoms with Crippen molar-refractivity contribution in [2.75, 3.05) is 34.3 Å². The number of nitrogens with one attached hydrogen (secondary N) is 2. The molecule has 2 aromatic carbocycles. The summed E-state index contributed by atoms with van der Waals surface area (Å²) in [6.07, 6.45) is 7.68. The Hall–Kier alpha value is -2.74. The lowest BCUT2D eigenvalue weighted by molar-refractivity contribution is -0.116. The predicted molar refractivity (Wildman–Crippen MR) is 149 cm³/mol. The number of amides is 1. The number of aromatic nitrogens is 1. The van der Waals surface area contributed by atoms with Crippen LogP contribution in [0, 0.1) is 0 Å². The maximum Gasteiger partial charge on any atom is 0.426 e. The van der Waals surface area contributed by atoms with Crippen molar-refractivity contribution in [1.29, 1.82) is 0 Å². The molecular formula is C29H39ClN4O3. The maximum atomic E-state index is 12.8. The Balaban J connectivity index is 0.00000320. The third-order valence-corrected chi connectivity index (χ3v) is 8.26. The van der Waals surface area contributed by atoms with Crippen molar-refractivity contribution in [3.05, 3.63) is 65.9 Å². The van der Waals surface area contributed by atoms with Crippen LogP contribution in [0.25, 0.3) is 10.9 Å². The smallest absolute Gasteiger partial charge is 0.426 e. The van der Waals surface area contributed by atoms with Crippen LogP contribution in [-0.4, -0.2) is 61.4 Å². The second-order valence-electron chi connectivity index (χ2n) is 10.5. The second-order valence-corrected chi connectivity index (χ2v) is 10.5. The van der Waals surface area contributed by atoms with Gasteiger partial charge in [-0.3, -0.25) is 4.90 Å². The number of methoxy groups -OCH3 is 1. The number of hydroxylamine groups is 2. The van der Waals surface area contributed by atoms with Crippen molar-refractivity contribution >= 4 is 29.4 Å². The van der Waals surface area contributed by atoms with E-state index in [9.17, 15) is 4.79 Å². The van der Waals surface area contributed by atoms with Crippen LogP contribution in [0.4, 0.5) is 4.79 Å². The van der Waals surface area contributed by atoms with E-state index in [1.165, 1.54) is 16.5 Å². The molecule has 1 saturated heterocycles. The van der Waals surface area contributed by atoms with Crippen molar-refractivity contribution in [3.8, 4) is 5.75 Å². The van der Waals surface area contributed by atoms with Crippen molar-refractivity contribution in [2.45, 2.75) is 56.0 Å². The van der Waals surface area contributed by atoms with Crippen molar-refractivity contribution in [1.82, 2.24) is 20.3 Å². The highest BCUT2D eigenvalue weighted by Crippen LogP contribution is 2.41. The molecule has 8 heteroatoms. The molecule has 1 aliphatic carbocycles. The van der Waals surface area contributed by atoms with Crippen molar-refractivity contribution < 1.29 is 14.4 Å². The molecule has 200 valence electrons. The molecule has 0 radical (unpaired) electrons. The Kier molecular flexibility index (Phi) is 8.67. The highest BCUT2D eigenvalue weighted by Gasteiger charge is 2.39. The highest BCUT2D eigenvalue weighted by molar-refractivity contribution is 5.85. The molecule has 0 spiro atoms. The first kappa shape index (κ1) is 27.3. The Morgan fingerprint density at radius 1 is 1.11 bits per heavy atom. The maximum absolute atomic E-state index is 12.8. The summed E-state index contributed by atoms with van der Waals surface area (Å²) in [5.74, 6) is 1.15. The van der Waals surface area contributed by atoms with Crippen LogP contribution in [0.5, 0.6) is 5.75 Å². The lowest BCUT2D eigenvalue weighted by Crippen LogP contribution is -2.49. The lowest BCUT2D eigenvalue weighted by Gasteiger charge is -2.45. The molecular weight excluding hydrogens is 488 g/mol. The molecule has 1 saturated carbocycles. The van der Waals surface area contributed by atoms with Gasteiger partial charge in [0.05, 0.1) is 7.11 Å². The zero-order valence-corrected chi connectivity index (χ0v) is 22.9. The normalized spacial score (nSPS) is 24.4. The van der Waals surface area contributed by atoms with Gasteiger partial charge in [-0.1, -0.05) is 30.3 Å². The number of nitrogens with zero attached hydrogens (tertiary/aromatic N) is 2. The SMILES string of the molecule is COc1ccc2[nH]cc(C3CCCN(OC(=O)NC4CCC(c5ccccc5)(N(C)C)CC4)C3)c2c1.Cl. The molecule has 1 amide bonds. The van der Waals surface area contributed by atoms with Crippen molar-refractivity contribution in [3.63, 3.8) is 0 Å². The number of hydrogen-bond donors (Lipinski definition) is 2. The molecule has 2 N–H and O–H groups in total. The third kappa shape index (κ3) is 5.74. The quantitative estimate of drug-likeness (QED) is 0.423. The molecule has 7 nitrogen and oxygen atoms in total. The van der Waals surface area contributed by atoms with Gasteiger partial charge in [-0.15, -0.1) is 17.5 Å². The molecule has 1 atom stereocenters. The number of ether oxygens (including phenoxy) is 1. The summed E-state index contributed by atoms with van der Waals surface area (Å²) in [7, 11) is 6.01. The summed E-state index contributed by atoms with van der Waals surface area (Å²) in [6, 6.07) is 17.0. The number of hydrogen-bond acceptors (Lipinski definition) is 5. The molecule has 2 fully saturated rings. The first-order valence-corrected chi connectivity index (χ1v) is 13.1. The van der Waals surface area contributed by atoms with E-state index in [1.54, 1.807) is 7.11 Å². The number of halogens is 1. The van der Waals surface area contributed by atoms with E-state index >= 15 is 0 Å². The van der Waals surface area contributed by atoms with E-state index in [0.29, 0.717) is 12.5 Å². The number of aromatic amines is 1. The van der Waals surface area contributed by atoms with Gasteiger partial charge >= 0.3 is 6.09 Å². The van der Waals surface area contributed by atoms with E-state index in [4.69, 9.17) is 9.57 Å². The number of fused-ring (bicyclic) bond motifs is 1. The molecule has 1 aromatic heterocycles. The molecule has 1 aliphatic heterocycles. The van der Waals surface area contributed by atoms with Gasteiger partial charge < -0.3 is 19.9 Å². The summed E-state index contributed by atoms with van der Waals surface area (Å²) >= 11 is 0. The van der Waals surface area contributed by atoms with Gasteiger partial charge in [0.2, 0.25) is 0 Å². The molecule has 5 rings (SSSR count). The Morgan fingerprint density at radius 2 is 1.86 bits per heavy atom. The number of benzene rings is 2. The molecule has 3 aromatic rings. The van der Waals surface area contributed by atoms with Crippen LogP contribution in [-0.2, 0) is 10.4 Å². The van der Waals surface area contributed by atoms with Gasteiger partial charge in [0.25, 0.3) is 0 Å². The summed E-state index contributed by atoms with van der Waals surface area (Å²) < 4.78 is 5.43. The first-order chi connectivity index (χ1) is 17.5. The van der Waals surface area contributed by atoms with E-state index in [2.05, 4.69) is 78.0 Å². The molecule has 0 bridgehead atoms. The molecule has 1 unspecified atom stereocenters. The minimum Gasteiger partial charge on any atom is -0.497 e. The number of carbonyl (C=O) groups is 1. The molecule has 2 aliphatic rings. The van der Waals surface area contributed by atoms with Gasteiger partial charge in [-0.2, -0.15) is 0 Å². The number of rotatable bonds is 6. The third-order valence-electron chi connectivity index (χ3n) is 8.26. The Morgan fingerprint density at radius 3 is 2.57 bits per heavy atom. The fourth-order valence-electron chi connectivity index (χ4n) is 6.16. The topological polar surface area (TPSA) is 69.8 Å². The monoisotopic (exact) mass is 526 g/mol. The zero-order chi connectivity index (χ0) is 25.1. The van der Waals surface area contributed by atoms with Crippen LogP contribution in [0.15, 0.2) is 54.7 Å². The van der Waals surface area contributed by atoms with Gasteiger partial charge in [-0.05, 0) is 81.9 Å². The highest BCUT2D eigenvalue weighted by atomic mass is 35.5. The Bertz CT molecular complexity index is 1170. The number of H-pyrrole nitrogens is 1. The summed E-state index contributed by atoms with van der Waals surface area (Å²) in [6.45, 7) is 1.46. The van der Waals surface area contributed by atoms with Crippen LogP contribution in [0.3, 0.4) is 0 Å². The number of piperidine rings is 1. The van der Waals surface area contributed by atoms with E-state index in [-0.39, 0.29) is 30.1 Å². The summed E-state index contributed by atoms with van der Waals surface area (Å²) in [5, 5.41) is 6.15. The fraction of sp³-hybridized carbons (Fsp3) is 0.483. The standard InChI is InChI=1S/C29H38N4O3.ClH/c1-32(2)29(22-9-5-4-6-10-22)15-13-23(14-16-29)31-28(34)36-33-17-7-8-21(20-33)26-19-30-27-12-11-24(35-3)18-25(26)27;/h4-6,9-12,18-19,21,23,30H,7-8,13-17,20H2,1-3H3,(H,31,34);1H. The average Bonchev–Trinajstić information content (AvgIpc) is 3.33. The van der Waals surface area contributed by atoms with Gasteiger partial charge in [0.1, 0.15) is 5.75 Å². The van der Waals surface area contributed by atoms with Gasteiger partial charge in [-0.25, -0.2) is 4.79 Å². The average molecular weight is 527 g/mol. The first-order valence-electron chi connectivity index (χ1n) is 13.1. The van der Waals surface area contributed by atoms with E-state index in [0.717, 1.165) is 56.3 Å². The fourth-order valence-corrected chi connectivity index (χ4v) is 6.16. The van der Waals surface area contributed by atoms with Gasteiger partial charge in [0.15, 0.2) is 0 Å². The van der Waals surface area contributed by atoms with Crippen LogP contribution in [0.2, 0.25) is 0 Å². The van der Waals surface area contributed by atoms with E-state index in [1.807, 2.05) is 11.1 Å². The zero-order valence-electron chi connectivity index (χ0n) is 22.0. The van der Waals surface area contributed by atoms with Crippen LogP contribution in [0.1, 0.15) is 55.6 Å². The second kappa shape index (κ2) is 11.8. The largest absolute Gasteiger partial charge is 0.497 e. The lowest BCUT2D eigenvalue weighted by atomic mass is 9.74. The van der Waals surface area contributed by atoms with Crippen LogP contribution >= 0.6 is 12.4 Å². The number of carbonyl (C=O) groups excluding carboxylic acids is 1. The minimum atomic E-state index is -0.335. The van der Waals surface area contributed by atoms with Crippen LogP contribution < -0.4 is 10.1 Å². The van der Waals surface area contributed by atoms with E-state index < -0.39 is 0 Å².